The van der Waals surface area contributed by atoms with Gasteiger partial charge in [0, 0.05) is 23.0 Å². The van der Waals surface area contributed by atoms with Crippen molar-refractivity contribution in [2.75, 3.05) is 5.01 Å². The number of carbonyl (C=O) groups excluding carboxylic acids is 2. The largest absolute Gasteiger partial charge is 0.368 e. The first kappa shape index (κ1) is 18.1. The van der Waals surface area contributed by atoms with Gasteiger partial charge in [-0.2, -0.15) is 5.10 Å². The van der Waals surface area contributed by atoms with E-state index in [-0.39, 0.29) is 18.7 Å². The number of para-hydroxylation sites is 1. The zero-order chi connectivity index (χ0) is 18.7. The maximum Gasteiger partial charge on any atom is 0.267 e. The second-order valence-electron chi connectivity index (χ2n) is 5.77. The summed E-state index contributed by atoms with van der Waals surface area (Å²) < 4.78 is 14.5. The smallest absolute Gasteiger partial charge is 0.267 e. The van der Waals surface area contributed by atoms with Crippen LogP contribution in [0.5, 0.6) is 0 Å². The average molecular weight is 419 g/mol. The number of halogens is 2. The van der Waals surface area contributed by atoms with Crippen LogP contribution in [-0.4, -0.2) is 23.6 Å². The topological polar surface area (TPSA) is 87.8 Å². The zero-order valence-electron chi connectivity index (χ0n) is 13.7. The van der Waals surface area contributed by atoms with Gasteiger partial charge in [-0.3, -0.25) is 14.6 Å². The predicted octanol–water partition coefficient (Wildman–Crippen LogP) is 2.32. The Bertz CT molecular complexity index is 873. The van der Waals surface area contributed by atoms with Crippen molar-refractivity contribution in [1.29, 1.82) is 0 Å². The van der Waals surface area contributed by atoms with Crippen LogP contribution < -0.4 is 16.1 Å². The van der Waals surface area contributed by atoms with Crippen LogP contribution >= 0.6 is 15.9 Å². The van der Waals surface area contributed by atoms with E-state index in [1.54, 1.807) is 36.4 Å². The van der Waals surface area contributed by atoms with Gasteiger partial charge in [0.15, 0.2) is 0 Å². The number of hydrazone groups is 1. The van der Waals surface area contributed by atoms with Crippen LogP contribution in [0.3, 0.4) is 0 Å². The van der Waals surface area contributed by atoms with Gasteiger partial charge in [0.1, 0.15) is 17.6 Å². The van der Waals surface area contributed by atoms with E-state index in [9.17, 15) is 14.0 Å². The molecule has 0 spiro atoms. The summed E-state index contributed by atoms with van der Waals surface area (Å²) in [5, 5.41) is 8.32. The van der Waals surface area contributed by atoms with Crippen LogP contribution in [0.25, 0.3) is 0 Å². The monoisotopic (exact) mass is 418 g/mol. The number of nitrogens with two attached hydrogens (primary N) is 1. The highest BCUT2D eigenvalue weighted by Gasteiger charge is 2.34. The molecule has 1 unspecified atom stereocenters. The molecule has 1 aliphatic heterocycles. The van der Waals surface area contributed by atoms with Crippen molar-refractivity contribution in [3.8, 4) is 0 Å². The minimum absolute atomic E-state index is 0.00962. The lowest BCUT2D eigenvalue weighted by molar-refractivity contribution is -0.119. The number of nitrogens with zero attached hydrogens (tertiary/aromatic N) is 2. The number of amides is 2. The van der Waals surface area contributed by atoms with Crippen LogP contribution in [-0.2, 0) is 16.1 Å². The third-order valence-electron chi connectivity index (χ3n) is 3.97. The summed E-state index contributed by atoms with van der Waals surface area (Å²) in [6.45, 7) is 0.00962. The number of carbonyl (C=O) groups is 2. The van der Waals surface area contributed by atoms with Crippen LogP contribution in [0.1, 0.15) is 12.0 Å². The van der Waals surface area contributed by atoms with Crippen molar-refractivity contribution in [3.05, 3.63) is 64.4 Å². The van der Waals surface area contributed by atoms with Gasteiger partial charge < -0.3 is 11.1 Å². The molecule has 0 bridgehead atoms. The maximum atomic E-state index is 13.8. The average Bonchev–Trinajstić information content (AvgIpc) is 3.09. The van der Waals surface area contributed by atoms with E-state index in [0.29, 0.717) is 15.7 Å². The molecule has 0 aromatic heterocycles. The van der Waals surface area contributed by atoms with Crippen molar-refractivity contribution in [2.24, 2.45) is 10.8 Å². The SMILES string of the molecule is NC(=O)C1CC(C(=O)NCc2cc(Br)ccc2F)=NN1c1ccccc1. The molecule has 1 atom stereocenters. The lowest BCUT2D eigenvalue weighted by Gasteiger charge is -2.20. The van der Waals surface area contributed by atoms with E-state index in [0.717, 1.165) is 0 Å². The Morgan fingerprint density at radius 2 is 2.00 bits per heavy atom. The molecule has 1 aliphatic rings. The highest BCUT2D eigenvalue weighted by Crippen LogP contribution is 2.24. The Labute approximate surface area is 158 Å². The van der Waals surface area contributed by atoms with E-state index in [1.165, 1.54) is 11.1 Å². The summed E-state index contributed by atoms with van der Waals surface area (Å²) >= 11 is 3.27. The molecule has 0 saturated heterocycles. The standard InChI is InChI=1S/C18H16BrFN4O2/c19-12-6-7-14(20)11(8-12)10-22-18(26)15-9-16(17(21)25)24(23-15)13-4-2-1-3-5-13/h1-8,16H,9-10H2,(H2,21,25)(H,22,26). The summed E-state index contributed by atoms with van der Waals surface area (Å²) in [7, 11) is 0. The molecule has 3 rings (SSSR count). The molecule has 0 saturated carbocycles. The molecule has 2 aromatic carbocycles. The molecule has 2 amide bonds. The first-order chi connectivity index (χ1) is 12.5. The molecule has 1 heterocycles. The first-order valence-electron chi connectivity index (χ1n) is 7.89. The molecule has 0 fully saturated rings. The van der Waals surface area contributed by atoms with Crippen molar-refractivity contribution in [3.63, 3.8) is 0 Å². The Morgan fingerprint density at radius 3 is 2.69 bits per heavy atom. The highest BCUT2D eigenvalue weighted by molar-refractivity contribution is 9.10. The predicted molar refractivity (Wildman–Crippen MR) is 99.9 cm³/mol. The van der Waals surface area contributed by atoms with E-state index in [1.807, 2.05) is 6.07 Å². The van der Waals surface area contributed by atoms with Crippen LogP contribution in [0, 0.1) is 5.82 Å². The summed E-state index contributed by atoms with van der Waals surface area (Å²) in [5.41, 5.74) is 6.63. The van der Waals surface area contributed by atoms with E-state index < -0.39 is 23.7 Å². The van der Waals surface area contributed by atoms with Gasteiger partial charge >= 0.3 is 0 Å². The molecule has 26 heavy (non-hydrogen) atoms. The van der Waals surface area contributed by atoms with Gasteiger partial charge in [-0.05, 0) is 30.3 Å². The van der Waals surface area contributed by atoms with Crippen molar-refractivity contribution in [1.82, 2.24) is 5.32 Å². The zero-order valence-corrected chi connectivity index (χ0v) is 15.2. The van der Waals surface area contributed by atoms with E-state index in [2.05, 4.69) is 26.3 Å². The Morgan fingerprint density at radius 1 is 1.27 bits per heavy atom. The molecule has 0 radical (unpaired) electrons. The first-order valence-corrected chi connectivity index (χ1v) is 8.68. The van der Waals surface area contributed by atoms with Gasteiger partial charge in [0.05, 0.1) is 5.69 Å². The number of primary amides is 1. The van der Waals surface area contributed by atoms with Gasteiger partial charge in [0.25, 0.3) is 5.91 Å². The Hall–Kier alpha value is -2.74. The van der Waals surface area contributed by atoms with Gasteiger partial charge in [-0.25, -0.2) is 4.39 Å². The lowest BCUT2D eigenvalue weighted by Crippen LogP contribution is -2.39. The molecule has 0 aliphatic carbocycles. The fourth-order valence-corrected chi connectivity index (χ4v) is 3.05. The molecule has 3 N–H and O–H groups in total. The van der Waals surface area contributed by atoms with Crippen molar-refractivity contribution >= 4 is 39.1 Å². The highest BCUT2D eigenvalue weighted by atomic mass is 79.9. The second-order valence-corrected chi connectivity index (χ2v) is 6.68. The van der Waals surface area contributed by atoms with Crippen molar-refractivity contribution < 1.29 is 14.0 Å². The molecular weight excluding hydrogens is 403 g/mol. The van der Waals surface area contributed by atoms with E-state index in [4.69, 9.17) is 5.73 Å². The minimum atomic E-state index is -0.735. The summed E-state index contributed by atoms with van der Waals surface area (Å²) in [4.78, 5) is 24.1. The fraction of sp³-hybridized carbons (Fsp3) is 0.167. The molecule has 2 aromatic rings. The van der Waals surface area contributed by atoms with Gasteiger partial charge in [-0.1, -0.05) is 34.1 Å². The number of nitrogens with one attached hydrogen (secondary N) is 1. The maximum absolute atomic E-state index is 13.8. The number of hydrogen-bond donors (Lipinski definition) is 2. The summed E-state index contributed by atoms with van der Waals surface area (Å²) in [5.74, 6) is -1.45. The van der Waals surface area contributed by atoms with Gasteiger partial charge in [-0.15, -0.1) is 0 Å². The summed E-state index contributed by atoms with van der Waals surface area (Å²) in [6, 6.07) is 12.7. The normalized spacial score (nSPS) is 16.3. The Balaban J connectivity index is 1.74. The van der Waals surface area contributed by atoms with Crippen molar-refractivity contribution in [2.45, 2.75) is 19.0 Å². The van der Waals surface area contributed by atoms with Gasteiger partial charge in [0.2, 0.25) is 5.91 Å². The Kier molecular flexibility index (Phi) is 5.32. The van der Waals surface area contributed by atoms with E-state index >= 15 is 0 Å². The molecule has 8 heteroatoms. The minimum Gasteiger partial charge on any atom is -0.368 e. The fourth-order valence-electron chi connectivity index (χ4n) is 2.64. The lowest BCUT2D eigenvalue weighted by atomic mass is 10.1. The number of rotatable bonds is 5. The van der Waals surface area contributed by atoms with Crippen LogP contribution in [0.4, 0.5) is 10.1 Å². The molecule has 6 nitrogen and oxygen atoms in total. The number of hydrogen-bond acceptors (Lipinski definition) is 4. The second kappa shape index (κ2) is 7.65. The summed E-state index contributed by atoms with van der Waals surface area (Å²) in [6.07, 6.45) is 0.0943. The molecule has 134 valence electrons. The number of anilines is 1. The number of benzene rings is 2. The quantitative estimate of drug-likeness (QED) is 0.780. The third kappa shape index (κ3) is 3.91. The van der Waals surface area contributed by atoms with Crippen LogP contribution in [0.2, 0.25) is 0 Å². The third-order valence-corrected chi connectivity index (χ3v) is 4.46. The molecular formula is C18H16BrFN4O2. The van der Waals surface area contributed by atoms with Crippen LogP contribution in [0.15, 0.2) is 58.1 Å².